The van der Waals surface area contributed by atoms with Crippen LogP contribution < -0.4 is 9.47 Å². The summed E-state index contributed by atoms with van der Waals surface area (Å²) in [4.78, 5) is -0.515. The van der Waals surface area contributed by atoms with Gasteiger partial charge in [0.1, 0.15) is 43.2 Å². The number of rotatable bonds is 22. The van der Waals surface area contributed by atoms with E-state index in [-0.39, 0.29) is 47.5 Å². The van der Waals surface area contributed by atoms with E-state index in [9.17, 15) is 25.9 Å². The molecule has 11 heteroatoms. The predicted molar refractivity (Wildman–Crippen MR) is 211 cm³/mol. The molecule has 8 nitrogen and oxygen atoms in total. The van der Waals surface area contributed by atoms with Gasteiger partial charge in [-0.25, -0.2) is 16.8 Å². The van der Waals surface area contributed by atoms with Crippen LogP contribution in [0.1, 0.15) is 115 Å². The number of hydrogen-bond donors (Lipinski definition) is 0. The molecule has 0 unspecified atom stereocenters. The van der Waals surface area contributed by atoms with Crippen molar-refractivity contribution in [2.45, 2.75) is 126 Å². The van der Waals surface area contributed by atoms with Crippen molar-refractivity contribution < 1.29 is 35.4 Å². The molecule has 0 amide bonds. The SMILES string of the molecule is CCCCCCCCCc1ccc(S(=O)(=O)[O-])cc1Oc1ccccc1.CCCCCCCCCc1ccc(S(=O)(=O)[O-])cc1Oc1ccccc1.[Ca+2]. The summed E-state index contributed by atoms with van der Waals surface area (Å²) in [6.45, 7) is 4.42. The molecule has 53 heavy (non-hydrogen) atoms. The Kier molecular flexibility index (Phi) is 22.6. The van der Waals surface area contributed by atoms with Gasteiger partial charge in [-0.1, -0.05) is 139 Å². The van der Waals surface area contributed by atoms with Gasteiger partial charge in [0.2, 0.25) is 0 Å². The van der Waals surface area contributed by atoms with E-state index in [2.05, 4.69) is 13.8 Å². The van der Waals surface area contributed by atoms with Gasteiger partial charge in [-0.2, -0.15) is 0 Å². The summed E-state index contributed by atoms with van der Waals surface area (Å²) in [5.74, 6) is 2.13. The Morgan fingerprint density at radius 2 is 0.774 bits per heavy atom. The van der Waals surface area contributed by atoms with Crippen molar-refractivity contribution in [2.75, 3.05) is 0 Å². The number of para-hydroxylation sites is 2. The fraction of sp³-hybridized carbons (Fsp3) is 0.429. The van der Waals surface area contributed by atoms with E-state index in [1.54, 1.807) is 36.4 Å². The van der Waals surface area contributed by atoms with Crippen LogP contribution in [0.3, 0.4) is 0 Å². The molecule has 4 aromatic rings. The average molecular weight is 791 g/mol. The first-order chi connectivity index (χ1) is 25.0. The molecular weight excluding hydrogens is 737 g/mol. The van der Waals surface area contributed by atoms with Crippen molar-refractivity contribution in [1.82, 2.24) is 0 Å². The third-order valence-corrected chi connectivity index (χ3v) is 10.4. The van der Waals surface area contributed by atoms with E-state index < -0.39 is 20.2 Å². The molecule has 0 fully saturated rings. The molecule has 0 saturated heterocycles. The first-order valence-electron chi connectivity index (χ1n) is 18.6. The number of unbranched alkanes of at least 4 members (excludes halogenated alkanes) is 12. The zero-order valence-corrected chi connectivity index (χ0v) is 35.2. The van der Waals surface area contributed by atoms with Crippen LogP contribution in [0, 0.1) is 0 Å². The third kappa shape index (κ3) is 18.6. The van der Waals surface area contributed by atoms with Crippen molar-refractivity contribution >= 4 is 58.0 Å². The van der Waals surface area contributed by atoms with Crippen LogP contribution in [-0.4, -0.2) is 63.7 Å². The minimum atomic E-state index is -4.50. The summed E-state index contributed by atoms with van der Waals surface area (Å²) >= 11 is 0. The number of benzene rings is 4. The molecule has 0 aliphatic carbocycles. The molecule has 0 aliphatic heterocycles. The molecule has 0 aliphatic rings. The fourth-order valence-electron chi connectivity index (χ4n) is 5.76. The standard InChI is InChI=1S/2C21H28O4S.Ca/c2*1-2-3-4-5-6-7-9-12-18-15-16-20(26(22,23)24)17-21(18)25-19-13-10-8-11-14-19;/h2*8,10-11,13-17H,2-7,9,12H2,1H3,(H,22,23,24);/q;;+2/p-2. The van der Waals surface area contributed by atoms with Gasteiger partial charge in [-0.3, -0.25) is 0 Å². The molecule has 0 aromatic heterocycles. The Bertz CT molecular complexity index is 1680. The average Bonchev–Trinajstić information content (AvgIpc) is 3.12. The molecule has 4 rings (SSSR count). The molecule has 0 atom stereocenters. The summed E-state index contributed by atoms with van der Waals surface area (Å²) in [5, 5.41) is 0. The maximum absolute atomic E-state index is 11.3. The Balaban J connectivity index is 0.000000360. The first kappa shape index (κ1) is 46.7. The molecule has 0 bridgehead atoms. The molecule has 284 valence electrons. The van der Waals surface area contributed by atoms with E-state index in [4.69, 9.17) is 9.47 Å². The molecular formula is C42H54CaO8S2. The Morgan fingerprint density at radius 3 is 1.09 bits per heavy atom. The second kappa shape index (κ2) is 25.6. The van der Waals surface area contributed by atoms with Crippen LogP contribution in [-0.2, 0) is 33.1 Å². The zero-order chi connectivity index (χ0) is 37.7. The van der Waals surface area contributed by atoms with Crippen molar-refractivity contribution in [3.63, 3.8) is 0 Å². The van der Waals surface area contributed by atoms with Crippen LogP contribution in [0.25, 0.3) is 0 Å². The Morgan fingerprint density at radius 1 is 0.453 bits per heavy atom. The second-order valence-electron chi connectivity index (χ2n) is 13.0. The predicted octanol–water partition coefficient (Wildman–Crippen LogP) is 11.0. The Labute approximate surface area is 348 Å². The van der Waals surface area contributed by atoms with Gasteiger partial charge in [0, 0.05) is 0 Å². The first-order valence-corrected chi connectivity index (χ1v) is 21.5. The summed E-state index contributed by atoms with van der Waals surface area (Å²) < 4.78 is 79.6. The number of aryl methyl sites for hydroxylation is 2. The Hall–Kier alpha value is -2.44. The number of ether oxygens (including phenoxy) is 2. The van der Waals surface area contributed by atoms with Crippen LogP contribution >= 0.6 is 0 Å². The van der Waals surface area contributed by atoms with Crippen LogP contribution in [0.2, 0.25) is 0 Å². The van der Waals surface area contributed by atoms with Crippen LogP contribution in [0.5, 0.6) is 23.0 Å². The van der Waals surface area contributed by atoms with Gasteiger partial charge in [0.15, 0.2) is 0 Å². The minimum Gasteiger partial charge on any atom is -0.744 e. The molecule has 0 spiro atoms. The summed E-state index contributed by atoms with van der Waals surface area (Å²) in [5.41, 5.74) is 1.85. The minimum absolute atomic E-state index is 0. The number of hydrogen-bond acceptors (Lipinski definition) is 8. The second-order valence-corrected chi connectivity index (χ2v) is 15.8. The molecule has 4 aromatic carbocycles. The van der Waals surface area contributed by atoms with Crippen molar-refractivity contribution in [1.29, 1.82) is 0 Å². The monoisotopic (exact) mass is 790 g/mol. The molecule has 0 saturated carbocycles. The summed E-state index contributed by atoms with van der Waals surface area (Å²) in [6, 6.07) is 27.2. The van der Waals surface area contributed by atoms with Crippen molar-refractivity contribution in [3.05, 3.63) is 108 Å². The largest absolute Gasteiger partial charge is 2.00 e. The summed E-state index contributed by atoms with van der Waals surface area (Å²) in [7, 11) is -9.00. The van der Waals surface area contributed by atoms with Crippen molar-refractivity contribution in [2.24, 2.45) is 0 Å². The van der Waals surface area contributed by atoms with Gasteiger partial charge >= 0.3 is 37.7 Å². The normalized spacial score (nSPS) is 11.2. The molecule has 0 N–H and O–H groups in total. The van der Waals surface area contributed by atoms with Gasteiger partial charge in [0.25, 0.3) is 0 Å². The maximum atomic E-state index is 11.3. The molecule has 0 heterocycles. The van der Waals surface area contributed by atoms with Gasteiger partial charge in [-0.05, 0) is 85.3 Å². The van der Waals surface area contributed by atoms with E-state index >= 15 is 0 Å². The van der Waals surface area contributed by atoms with Gasteiger partial charge in [-0.15, -0.1) is 0 Å². The molecule has 0 radical (unpaired) electrons. The van der Waals surface area contributed by atoms with Gasteiger partial charge < -0.3 is 18.6 Å². The van der Waals surface area contributed by atoms with Crippen molar-refractivity contribution in [3.8, 4) is 23.0 Å². The van der Waals surface area contributed by atoms with E-state index in [1.165, 1.54) is 88.5 Å². The zero-order valence-electron chi connectivity index (χ0n) is 31.3. The summed E-state index contributed by atoms with van der Waals surface area (Å²) in [6.07, 6.45) is 18.5. The van der Waals surface area contributed by atoms with Crippen LogP contribution in [0.15, 0.2) is 107 Å². The van der Waals surface area contributed by atoms with E-state index in [0.29, 0.717) is 23.0 Å². The third-order valence-electron chi connectivity index (χ3n) is 8.70. The fourth-order valence-corrected chi connectivity index (χ4v) is 6.73. The van der Waals surface area contributed by atoms with Crippen LogP contribution in [0.4, 0.5) is 0 Å². The topological polar surface area (TPSA) is 133 Å². The van der Waals surface area contributed by atoms with Gasteiger partial charge in [0.05, 0.1) is 9.79 Å². The van der Waals surface area contributed by atoms with E-state index in [1.807, 2.05) is 36.4 Å². The smallest absolute Gasteiger partial charge is 0.744 e. The quantitative estimate of drug-likeness (QED) is 0.0436. The maximum Gasteiger partial charge on any atom is 2.00 e. The van der Waals surface area contributed by atoms with E-state index in [0.717, 1.165) is 49.7 Å².